The third kappa shape index (κ3) is 2.53. The molecule has 1 heterocycles. The van der Waals surface area contributed by atoms with Gasteiger partial charge in [0.1, 0.15) is 11.3 Å². The second-order valence-electron chi connectivity index (χ2n) is 4.46. The number of rotatable bonds is 4. The lowest BCUT2D eigenvalue weighted by atomic mass is 9.92. The maximum absolute atomic E-state index is 10.9. The van der Waals surface area contributed by atoms with Gasteiger partial charge in [0.2, 0.25) is 0 Å². The van der Waals surface area contributed by atoms with Crippen LogP contribution in [0.5, 0.6) is 5.75 Å². The fraction of sp³-hybridized carbons (Fsp3) is 0.357. The molecule has 0 amide bonds. The minimum Gasteiger partial charge on any atom is -0.493 e. The van der Waals surface area contributed by atoms with Gasteiger partial charge in [0, 0.05) is 11.0 Å². The Balaban J connectivity index is 2.58. The van der Waals surface area contributed by atoms with Crippen LogP contribution >= 0.6 is 15.9 Å². The Morgan fingerprint density at radius 2 is 2.21 bits per heavy atom. The van der Waals surface area contributed by atoms with Crippen LogP contribution in [-0.4, -0.2) is 22.0 Å². The summed E-state index contributed by atoms with van der Waals surface area (Å²) in [7, 11) is 1.58. The van der Waals surface area contributed by atoms with E-state index in [0.717, 1.165) is 10.0 Å². The molecule has 0 fully saturated rings. The Kier molecular flexibility index (Phi) is 3.96. The van der Waals surface area contributed by atoms with E-state index in [1.807, 2.05) is 31.2 Å². The Morgan fingerprint density at radius 3 is 2.79 bits per heavy atom. The van der Waals surface area contributed by atoms with Crippen molar-refractivity contribution in [3.63, 3.8) is 0 Å². The van der Waals surface area contributed by atoms with E-state index in [2.05, 4.69) is 21.0 Å². The molecule has 0 aliphatic carbocycles. The Bertz CT molecular complexity index is 557. The molecule has 2 aromatic rings. The summed E-state index contributed by atoms with van der Waals surface area (Å²) in [5.74, 6) is 0.590. The van der Waals surface area contributed by atoms with E-state index < -0.39 is 5.60 Å². The highest BCUT2D eigenvalue weighted by atomic mass is 79.9. The van der Waals surface area contributed by atoms with Crippen molar-refractivity contribution in [1.82, 2.24) is 9.78 Å². The highest BCUT2D eigenvalue weighted by molar-refractivity contribution is 9.10. The number of aliphatic hydroxyl groups is 1. The summed E-state index contributed by atoms with van der Waals surface area (Å²) in [6.07, 6.45) is 1.63. The number of hydrogen-bond donors (Lipinski definition) is 1. The first-order valence-corrected chi connectivity index (χ1v) is 6.88. The fourth-order valence-electron chi connectivity index (χ4n) is 2.18. The predicted octanol–water partition coefficient (Wildman–Crippen LogP) is 2.93. The number of aryl methyl sites for hydroxylation is 1. The van der Waals surface area contributed by atoms with E-state index in [1.165, 1.54) is 0 Å². The Hall–Kier alpha value is -1.33. The van der Waals surface area contributed by atoms with E-state index in [0.29, 0.717) is 18.0 Å². The molecule has 2 rings (SSSR count). The average Bonchev–Trinajstić information content (AvgIpc) is 2.82. The van der Waals surface area contributed by atoms with Crippen molar-refractivity contribution in [2.75, 3.05) is 7.11 Å². The topological polar surface area (TPSA) is 47.3 Å². The number of halogens is 1. The predicted molar refractivity (Wildman–Crippen MR) is 77.3 cm³/mol. The number of hydrogen-bond acceptors (Lipinski definition) is 3. The van der Waals surface area contributed by atoms with Crippen LogP contribution in [0.1, 0.15) is 25.1 Å². The van der Waals surface area contributed by atoms with Crippen LogP contribution in [0.2, 0.25) is 0 Å². The smallest absolute Gasteiger partial charge is 0.163 e. The molecule has 102 valence electrons. The molecule has 0 spiro atoms. The van der Waals surface area contributed by atoms with Crippen LogP contribution in [0.4, 0.5) is 0 Å². The van der Waals surface area contributed by atoms with Crippen molar-refractivity contribution >= 4 is 15.9 Å². The molecule has 0 saturated carbocycles. The van der Waals surface area contributed by atoms with Crippen LogP contribution in [0.25, 0.3) is 0 Å². The molecule has 0 aliphatic rings. The van der Waals surface area contributed by atoms with Gasteiger partial charge in [0.15, 0.2) is 5.75 Å². The van der Waals surface area contributed by atoms with Gasteiger partial charge in [-0.05, 0) is 31.5 Å². The summed E-state index contributed by atoms with van der Waals surface area (Å²) in [6, 6.07) is 7.60. The van der Waals surface area contributed by atoms with Gasteiger partial charge in [0.05, 0.1) is 13.3 Å². The zero-order valence-electron chi connectivity index (χ0n) is 11.2. The maximum Gasteiger partial charge on any atom is 0.163 e. The van der Waals surface area contributed by atoms with Crippen LogP contribution in [-0.2, 0) is 12.1 Å². The molecule has 0 bridgehead atoms. The third-order valence-electron chi connectivity index (χ3n) is 3.17. The van der Waals surface area contributed by atoms with Crippen molar-refractivity contribution in [2.45, 2.75) is 26.0 Å². The molecule has 0 aliphatic heterocycles. The molecule has 1 aromatic heterocycles. The van der Waals surface area contributed by atoms with Gasteiger partial charge in [-0.25, -0.2) is 0 Å². The van der Waals surface area contributed by atoms with E-state index in [-0.39, 0.29) is 0 Å². The molecule has 5 heteroatoms. The monoisotopic (exact) mass is 324 g/mol. The molecule has 1 atom stereocenters. The average molecular weight is 325 g/mol. The van der Waals surface area contributed by atoms with Crippen LogP contribution < -0.4 is 4.74 Å². The van der Waals surface area contributed by atoms with E-state index in [1.54, 1.807) is 24.9 Å². The normalized spacial score (nSPS) is 14.2. The molecule has 0 radical (unpaired) electrons. The van der Waals surface area contributed by atoms with Crippen molar-refractivity contribution < 1.29 is 9.84 Å². The lowest BCUT2D eigenvalue weighted by Crippen LogP contribution is -2.27. The van der Waals surface area contributed by atoms with E-state index >= 15 is 0 Å². The molecular weight excluding hydrogens is 308 g/mol. The highest BCUT2D eigenvalue weighted by Crippen LogP contribution is 2.36. The molecule has 1 N–H and O–H groups in total. The van der Waals surface area contributed by atoms with Gasteiger partial charge in [0.25, 0.3) is 0 Å². The van der Waals surface area contributed by atoms with Gasteiger partial charge >= 0.3 is 0 Å². The van der Waals surface area contributed by atoms with Gasteiger partial charge in [-0.1, -0.05) is 28.1 Å². The summed E-state index contributed by atoms with van der Waals surface area (Å²) >= 11 is 3.42. The van der Waals surface area contributed by atoms with Gasteiger partial charge in [-0.15, -0.1) is 0 Å². The molecular formula is C14H17BrN2O2. The molecule has 4 nitrogen and oxygen atoms in total. The number of methoxy groups -OCH3 is 1. The summed E-state index contributed by atoms with van der Waals surface area (Å²) in [5.41, 5.74) is 0.285. The molecule has 1 aromatic carbocycles. The van der Waals surface area contributed by atoms with E-state index in [4.69, 9.17) is 4.74 Å². The second kappa shape index (κ2) is 5.35. The van der Waals surface area contributed by atoms with Crippen molar-refractivity contribution in [1.29, 1.82) is 0 Å². The summed E-state index contributed by atoms with van der Waals surface area (Å²) < 4.78 is 7.98. The second-order valence-corrected chi connectivity index (χ2v) is 5.38. The zero-order chi connectivity index (χ0) is 14.0. The van der Waals surface area contributed by atoms with Crippen LogP contribution in [0, 0.1) is 0 Å². The van der Waals surface area contributed by atoms with Gasteiger partial charge in [-0.3, -0.25) is 4.68 Å². The van der Waals surface area contributed by atoms with Gasteiger partial charge in [-0.2, -0.15) is 5.10 Å². The summed E-state index contributed by atoms with van der Waals surface area (Å²) in [5, 5.41) is 15.2. The number of aromatic nitrogens is 2. The Labute approximate surface area is 121 Å². The first-order valence-electron chi connectivity index (χ1n) is 6.09. The highest BCUT2D eigenvalue weighted by Gasteiger charge is 2.33. The minimum atomic E-state index is -1.17. The first kappa shape index (κ1) is 14.1. The standard InChI is InChI=1S/C14H17BrN2O2/c1-4-17-13(12(19-3)9-16-17)14(2,18)10-6-5-7-11(15)8-10/h5-9,18H,4H2,1-3H3. The zero-order valence-corrected chi connectivity index (χ0v) is 12.8. The Morgan fingerprint density at radius 1 is 1.47 bits per heavy atom. The SMILES string of the molecule is CCn1ncc(OC)c1C(C)(O)c1cccc(Br)c1. The lowest BCUT2D eigenvalue weighted by molar-refractivity contribution is 0.0885. The minimum absolute atomic E-state index is 0.590. The lowest BCUT2D eigenvalue weighted by Gasteiger charge is -2.26. The number of nitrogens with zero attached hydrogens (tertiary/aromatic N) is 2. The van der Waals surface area contributed by atoms with Crippen LogP contribution in [0.3, 0.4) is 0 Å². The molecule has 0 saturated heterocycles. The molecule has 19 heavy (non-hydrogen) atoms. The largest absolute Gasteiger partial charge is 0.493 e. The van der Waals surface area contributed by atoms with E-state index in [9.17, 15) is 5.11 Å². The molecule has 1 unspecified atom stereocenters. The van der Waals surface area contributed by atoms with Crippen molar-refractivity contribution in [3.05, 3.63) is 46.2 Å². The summed E-state index contributed by atoms with van der Waals surface area (Å²) in [6.45, 7) is 4.40. The van der Waals surface area contributed by atoms with Crippen molar-refractivity contribution in [2.24, 2.45) is 0 Å². The maximum atomic E-state index is 10.9. The number of benzene rings is 1. The van der Waals surface area contributed by atoms with Crippen LogP contribution in [0.15, 0.2) is 34.9 Å². The third-order valence-corrected chi connectivity index (χ3v) is 3.67. The first-order chi connectivity index (χ1) is 9.00. The fourth-order valence-corrected chi connectivity index (χ4v) is 2.58. The number of ether oxygens (including phenoxy) is 1. The quantitative estimate of drug-likeness (QED) is 0.940. The van der Waals surface area contributed by atoms with Crippen molar-refractivity contribution in [3.8, 4) is 5.75 Å². The van der Waals surface area contributed by atoms with Gasteiger partial charge < -0.3 is 9.84 Å². The summed E-state index contributed by atoms with van der Waals surface area (Å²) in [4.78, 5) is 0.